The van der Waals surface area contributed by atoms with Gasteiger partial charge in [-0.3, -0.25) is 14.6 Å². The third-order valence-corrected chi connectivity index (χ3v) is 5.25. The molecule has 2 aromatic rings. The highest BCUT2D eigenvalue weighted by atomic mass is 16.5. The molecule has 2 aromatic carbocycles. The first-order valence-corrected chi connectivity index (χ1v) is 10.2. The molecule has 162 valence electrons. The topological polar surface area (TPSA) is 71.5 Å². The van der Waals surface area contributed by atoms with Gasteiger partial charge >= 0.3 is 5.97 Å². The molecule has 1 saturated heterocycles. The Kier molecular flexibility index (Phi) is 7.93. The summed E-state index contributed by atoms with van der Waals surface area (Å²) in [7, 11) is 3.14. The Hall–Kier alpha value is -2.77. The van der Waals surface area contributed by atoms with Crippen LogP contribution in [0.3, 0.4) is 0 Å². The summed E-state index contributed by atoms with van der Waals surface area (Å²) in [6, 6.07) is 14.4. The van der Waals surface area contributed by atoms with Crippen LogP contribution in [0.15, 0.2) is 42.5 Å². The van der Waals surface area contributed by atoms with Gasteiger partial charge in [0.1, 0.15) is 0 Å². The van der Waals surface area contributed by atoms with Gasteiger partial charge in [-0.2, -0.15) is 0 Å². The number of hydrogen-bond acceptors (Lipinski definition) is 6. The van der Waals surface area contributed by atoms with Crippen molar-refractivity contribution in [3.05, 3.63) is 53.6 Å². The smallest absolute Gasteiger partial charge is 0.306 e. The summed E-state index contributed by atoms with van der Waals surface area (Å²) in [6.45, 7) is 5.66. The lowest BCUT2D eigenvalue weighted by Gasteiger charge is -2.35. The number of methoxy groups -OCH3 is 2. The molecule has 0 amide bonds. The first-order valence-electron chi connectivity index (χ1n) is 10.2. The van der Waals surface area contributed by atoms with E-state index in [1.165, 1.54) is 5.56 Å². The van der Waals surface area contributed by atoms with E-state index < -0.39 is 5.97 Å². The summed E-state index contributed by atoms with van der Waals surface area (Å²) in [6.07, 6.45) is -0.0715. The van der Waals surface area contributed by atoms with Crippen LogP contribution in [-0.2, 0) is 17.9 Å². The number of hydrogen-bond donors (Lipinski definition) is 1. The molecule has 0 radical (unpaired) electrons. The summed E-state index contributed by atoms with van der Waals surface area (Å²) >= 11 is 0. The molecule has 1 aliphatic heterocycles. The van der Waals surface area contributed by atoms with E-state index in [1.807, 2.05) is 18.2 Å². The molecule has 0 bridgehead atoms. The fourth-order valence-electron chi connectivity index (χ4n) is 3.65. The zero-order valence-corrected chi connectivity index (χ0v) is 17.7. The Morgan fingerprint density at radius 3 is 2.17 bits per heavy atom. The number of nitrogens with zero attached hydrogens (tertiary/aromatic N) is 2. The van der Waals surface area contributed by atoms with Crippen LogP contribution in [0.4, 0.5) is 0 Å². The number of benzene rings is 2. The largest absolute Gasteiger partial charge is 0.493 e. The SMILES string of the molecule is COc1ccc(CN2CCN(Cc3ccccc3)CC2)c(OCCC(=O)O)c1OC. The summed E-state index contributed by atoms with van der Waals surface area (Å²) in [5.41, 5.74) is 2.30. The third-order valence-electron chi connectivity index (χ3n) is 5.25. The van der Waals surface area contributed by atoms with Gasteiger partial charge in [-0.05, 0) is 11.6 Å². The van der Waals surface area contributed by atoms with Crippen LogP contribution >= 0.6 is 0 Å². The van der Waals surface area contributed by atoms with Gasteiger partial charge in [0, 0.05) is 44.8 Å². The highest BCUT2D eigenvalue weighted by Gasteiger charge is 2.22. The number of rotatable bonds is 10. The Bertz CT molecular complexity index is 820. The Morgan fingerprint density at radius 2 is 1.57 bits per heavy atom. The summed E-state index contributed by atoms with van der Waals surface area (Å²) < 4.78 is 16.7. The second-order valence-corrected chi connectivity index (χ2v) is 7.32. The number of aliphatic carboxylic acids is 1. The van der Waals surface area contributed by atoms with E-state index in [-0.39, 0.29) is 13.0 Å². The molecular weight excluding hydrogens is 384 g/mol. The lowest BCUT2D eigenvalue weighted by atomic mass is 10.1. The van der Waals surface area contributed by atoms with Gasteiger partial charge < -0.3 is 19.3 Å². The van der Waals surface area contributed by atoms with E-state index >= 15 is 0 Å². The standard InChI is InChI=1S/C23H30N2O5/c1-28-20-9-8-19(22(23(20)29-2)30-15-10-21(26)27)17-25-13-11-24(12-14-25)16-18-6-4-3-5-7-18/h3-9H,10-17H2,1-2H3,(H,26,27). The molecule has 3 rings (SSSR count). The van der Waals surface area contributed by atoms with Gasteiger partial charge in [-0.15, -0.1) is 0 Å². The van der Waals surface area contributed by atoms with Gasteiger partial charge in [0.15, 0.2) is 11.5 Å². The molecule has 1 fully saturated rings. The number of carboxylic acids is 1. The molecule has 0 spiro atoms. The molecule has 0 aromatic heterocycles. The zero-order chi connectivity index (χ0) is 21.3. The molecule has 7 nitrogen and oxygen atoms in total. The zero-order valence-electron chi connectivity index (χ0n) is 17.7. The maximum atomic E-state index is 10.9. The number of ether oxygens (including phenoxy) is 3. The average molecular weight is 415 g/mol. The van der Waals surface area contributed by atoms with Crippen LogP contribution < -0.4 is 14.2 Å². The molecule has 7 heteroatoms. The van der Waals surface area contributed by atoms with E-state index in [4.69, 9.17) is 19.3 Å². The Balaban J connectivity index is 1.64. The van der Waals surface area contributed by atoms with Crippen LogP contribution in [0.25, 0.3) is 0 Å². The molecule has 1 heterocycles. The van der Waals surface area contributed by atoms with Crippen molar-refractivity contribution in [3.63, 3.8) is 0 Å². The fraction of sp³-hybridized carbons (Fsp3) is 0.435. The van der Waals surface area contributed by atoms with Crippen LogP contribution in [0.2, 0.25) is 0 Å². The van der Waals surface area contributed by atoms with Gasteiger partial charge in [0.2, 0.25) is 5.75 Å². The van der Waals surface area contributed by atoms with Crippen LogP contribution in [0.1, 0.15) is 17.5 Å². The molecular formula is C23H30N2O5. The monoisotopic (exact) mass is 414 g/mol. The number of carboxylic acid groups (broad SMARTS) is 1. The fourth-order valence-corrected chi connectivity index (χ4v) is 3.65. The molecule has 0 atom stereocenters. The second kappa shape index (κ2) is 10.8. The number of carbonyl (C=O) groups is 1. The van der Waals surface area contributed by atoms with Crippen molar-refractivity contribution in [1.82, 2.24) is 9.80 Å². The van der Waals surface area contributed by atoms with E-state index in [1.54, 1.807) is 14.2 Å². The highest BCUT2D eigenvalue weighted by Crippen LogP contribution is 2.40. The highest BCUT2D eigenvalue weighted by molar-refractivity contribution is 5.67. The van der Waals surface area contributed by atoms with Crippen molar-refractivity contribution >= 4 is 5.97 Å². The molecule has 1 N–H and O–H groups in total. The quantitative estimate of drug-likeness (QED) is 0.641. The van der Waals surface area contributed by atoms with E-state index in [0.29, 0.717) is 23.8 Å². The van der Waals surface area contributed by atoms with Crippen molar-refractivity contribution in [2.75, 3.05) is 47.0 Å². The van der Waals surface area contributed by atoms with Crippen molar-refractivity contribution in [3.8, 4) is 17.2 Å². The minimum absolute atomic E-state index is 0.0715. The lowest BCUT2D eigenvalue weighted by molar-refractivity contribution is -0.137. The van der Waals surface area contributed by atoms with E-state index in [2.05, 4.69) is 34.1 Å². The van der Waals surface area contributed by atoms with Crippen LogP contribution in [-0.4, -0.2) is 67.9 Å². The maximum Gasteiger partial charge on any atom is 0.306 e. The first-order chi connectivity index (χ1) is 14.6. The lowest BCUT2D eigenvalue weighted by Crippen LogP contribution is -2.45. The van der Waals surface area contributed by atoms with E-state index in [0.717, 1.165) is 38.3 Å². The molecule has 1 aliphatic rings. The van der Waals surface area contributed by atoms with Crippen LogP contribution in [0.5, 0.6) is 17.2 Å². The average Bonchev–Trinajstić information content (AvgIpc) is 2.76. The minimum atomic E-state index is -0.895. The molecule has 0 saturated carbocycles. The first kappa shape index (κ1) is 21.9. The van der Waals surface area contributed by atoms with Crippen molar-refractivity contribution in [2.45, 2.75) is 19.5 Å². The van der Waals surface area contributed by atoms with Crippen molar-refractivity contribution in [1.29, 1.82) is 0 Å². The summed E-state index contributed by atoms with van der Waals surface area (Å²) in [4.78, 5) is 15.7. The maximum absolute atomic E-state index is 10.9. The van der Waals surface area contributed by atoms with Crippen LogP contribution in [0, 0.1) is 0 Å². The van der Waals surface area contributed by atoms with Gasteiger partial charge in [-0.1, -0.05) is 36.4 Å². The number of piperazine rings is 1. The molecule has 30 heavy (non-hydrogen) atoms. The Labute approximate surface area is 177 Å². The third kappa shape index (κ3) is 5.87. The van der Waals surface area contributed by atoms with E-state index in [9.17, 15) is 4.79 Å². The summed E-state index contributed by atoms with van der Waals surface area (Å²) in [5, 5.41) is 8.93. The van der Waals surface area contributed by atoms with Crippen molar-refractivity contribution < 1.29 is 24.1 Å². The predicted octanol–water partition coefficient (Wildman–Crippen LogP) is 2.88. The van der Waals surface area contributed by atoms with Gasteiger partial charge in [0.05, 0.1) is 27.2 Å². The van der Waals surface area contributed by atoms with Gasteiger partial charge in [0.25, 0.3) is 0 Å². The normalized spacial score (nSPS) is 15.0. The minimum Gasteiger partial charge on any atom is -0.493 e. The predicted molar refractivity (Wildman–Crippen MR) is 114 cm³/mol. The van der Waals surface area contributed by atoms with Crippen molar-refractivity contribution in [2.24, 2.45) is 0 Å². The Morgan fingerprint density at radius 1 is 0.900 bits per heavy atom. The molecule has 0 aliphatic carbocycles. The second-order valence-electron chi connectivity index (χ2n) is 7.32. The molecule has 0 unspecified atom stereocenters. The summed E-state index contributed by atoms with van der Waals surface area (Å²) in [5.74, 6) is 0.736. The van der Waals surface area contributed by atoms with Gasteiger partial charge in [-0.25, -0.2) is 0 Å².